The van der Waals surface area contributed by atoms with Gasteiger partial charge in [-0.25, -0.2) is 4.79 Å². The normalized spacial score (nSPS) is 12.1. The Morgan fingerprint density at radius 2 is 1.57 bits per heavy atom. The maximum atomic E-state index is 12.0. The average Bonchev–Trinajstić information content (AvgIpc) is 2.86. The summed E-state index contributed by atoms with van der Waals surface area (Å²) in [6, 6.07) is 9.19. The van der Waals surface area contributed by atoms with E-state index in [2.05, 4.69) is 36.6 Å². The third kappa shape index (κ3) is 4.58. The van der Waals surface area contributed by atoms with Crippen molar-refractivity contribution in [3.8, 4) is 0 Å². The van der Waals surface area contributed by atoms with Gasteiger partial charge in [0, 0.05) is 17.2 Å². The largest absolute Gasteiger partial charge is 0.338 e. The van der Waals surface area contributed by atoms with Crippen LogP contribution in [0.2, 0.25) is 0 Å². The fourth-order valence-electron chi connectivity index (χ4n) is 2.02. The standard InChI is InChI=1S/C18H25N3O2/c1-17(2,3)12-7-9-13(10-8-12)19-16(22)20-15-11-14(21-23-15)18(4,5)6/h7-11H,1-6H3,(H2,19,20,22). The van der Waals surface area contributed by atoms with Gasteiger partial charge < -0.3 is 9.84 Å². The van der Waals surface area contributed by atoms with Crippen molar-refractivity contribution in [1.29, 1.82) is 0 Å². The monoisotopic (exact) mass is 315 g/mol. The molecule has 2 rings (SSSR count). The number of amides is 2. The predicted molar refractivity (Wildman–Crippen MR) is 93.0 cm³/mol. The minimum atomic E-state index is -0.356. The quantitative estimate of drug-likeness (QED) is 0.827. The lowest BCUT2D eigenvalue weighted by Gasteiger charge is -2.19. The fraction of sp³-hybridized carbons (Fsp3) is 0.444. The Morgan fingerprint density at radius 3 is 2.04 bits per heavy atom. The number of hydrogen-bond acceptors (Lipinski definition) is 3. The van der Waals surface area contributed by atoms with Gasteiger partial charge in [-0.05, 0) is 23.1 Å². The van der Waals surface area contributed by atoms with Gasteiger partial charge in [-0.1, -0.05) is 58.8 Å². The maximum Gasteiger partial charge on any atom is 0.326 e. The number of carbonyl (C=O) groups is 1. The van der Waals surface area contributed by atoms with Crippen LogP contribution in [-0.4, -0.2) is 11.2 Å². The first-order chi connectivity index (χ1) is 10.6. The molecular formula is C18H25N3O2. The highest BCUT2D eigenvalue weighted by Crippen LogP contribution is 2.25. The summed E-state index contributed by atoms with van der Waals surface area (Å²) in [7, 11) is 0. The number of aromatic nitrogens is 1. The Bertz CT molecular complexity index is 674. The highest BCUT2D eigenvalue weighted by Gasteiger charge is 2.19. The number of nitrogens with one attached hydrogen (secondary N) is 2. The van der Waals surface area contributed by atoms with Crippen molar-refractivity contribution in [1.82, 2.24) is 5.16 Å². The minimum Gasteiger partial charge on any atom is -0.338 e. The molecule has 0 radical (unpaired) electrons. The number of nitrogens with zero attached hydrogens (tertiary/aromatic N) is 1. The second-order valence-electron chi connectivity index (χ2n) is 7.73. The summed E-state index contributed by atoms with van der Waals surface area (Å²) in [5.74, 6) is 0.332. The smallest absolute Gasteiger partial charge is 0.326 e. The molecule has 5 nitrogen and oxygen atoms in total. The molecule has 0 unspecified atom stereocenters. The van der Waals surface area contributed by atoms with E-state index in [9.17, 15) is 4.79 Å². The molecule has 1 heterocycles. The second kappa shape index (κ2) is 6.07. The molecule has 0 atom stereocenters. The van der Waals surface area contributed by atoms with Crippen LogP contribution in [0.15, 0.2) is 34.9 Å². The van der Waals surface area contributed by atoms with E-state index in [1.807, 2.05) is 45.0 Å². The van der Waals surface area contributed by atoms with Crippen LogP contribution in [0.3, 0.4) is 0 Å². The Kier molecular flexibility index (Phi) is 4.50. The van der Waals surface area contributed by atoms with Gasteiger partial charge in [-0.2, -0.15) is 0 Å². The molecule has 2 amide bonds. The number of carbonyl (C=O) groups excluding carboxylic acids is 1. The van der Waals surface area contributed by atoms with E-state index < -0.39 is 0 Å². The Hall–Kier alpha value is -2.30. The van der Waals surface area contributed by atoms with Crippen molar-refractivity contribution >= 4 is 17.6 Å². The van der Waals surface area contributed by atoms with Crippen LogP contribution >= 0.6 is 0 Å². The molecule has 2 N–H and O–H groups in total. The van der Waals surface area contributed by atoms with Crippen LogP contribution in [0.25, 0.3) is 0 Å². The molecule has 0 spiro atoms. The minimum absolute atomic E-state index is 0.0873. The van der Waals surface area contributed by atoms with Crippen LogP contribution in [0, 0.1) is 0 Å². The van der Waals surface area contributed by atoms with Gasteiger partial charge in [0.15, 0.2) is 0 Å². The van der Waals surface area contributed by atoms with Crippen molar-refractivity contribution in [2.75, 3.05) is 10.6 Å². The van der Waals surface area contributed by atoms with E-state index in [0.717, 1.165) is 11.4 Å². The van der Waals surface area contributed by atoms with Gasteiger partial charge in [-0.3, -0.25) is 5.32 Å². The summed E-state index contributed by atoms with van der Waals surface area (Å²) in [6.07, 6.45) is 0. The predicted octanol–water partition coefficient (Wildman–Crippen LogP) is 4.91. The lowest BCUT2D eigenvalue weighted by atomic mass is 9.87. The number of benzene rings is 1. The molecule has 0 fully saturated rings. The zero-order chi connectivity index (χ0) is 17.3. The first-order valence-corrected chi connectivity index (χ1v) is 7.71. The van der Waals surface area contributed by atoms with Crippen LogP contribution in [0.4, 0.5) is 16.4 Å². The van der Waals surface area contributed by atoms with Gasteiger partial charge >= 0.3 is 6.03 Å². The number of rotatable bonds is 2. The molecule has 0 saturated carbocycles. The molecular weight excluding hydrogens is 290 g/mol. The van der Waals surface area contributed by atoms with Crippen LogP contribution in [0.1, 0.15) is 52.8 Å². The first-order valence-electron chi connectivity index (χ1n) is 7.71. The van der Waals surface area contributed by atoms with Crippen molar-refractivity contribution in [2.24, 2.45) is 0 Å². The lowest BCUT2D eigenvalue weighted by molar-refractivity contribution is 0.261. The number of urea groups is 1. The van der Waals surface area contributed by atoms with Crippen molar-refractivity contribution in [2.45, 2.75) is 52.4 Å². The molecule has 0 saturated heterocycles. The van der Waals surface area contributed by atoms with Crippen LogP contribution < -0.4 is 10.6 Å². The molecule has 1 aromatic heterocycles. The van der Waals surface area contributed by atoms with Gasteiger partial charge in [0.1, 0.15) is 0 Å². The summed E-state index contributed by atoms with van der Waals surface area (Å²) in [6.45, 7) is 12.6. The molecule has 0 bridgehead atoms. The van der Waals surface area contributed by atoms with Crippen molar-refractivity contribution < 1.29 is 9.32 Å². The van der Waals surface area contributed by atoms with Crippen molar-refractivity contribution in [3.05, 3.63) is 41.6 Å². The Morgan fingerprint density at radius 1 is 0.957 bits per heavy atom. The highest BCUT2D eigenvalue weighted by molar-refractivity contribution is 5.98. The molecule has 0 aliphatic carbocycles. The van der Waals surface area contributed by atoms with Gasteiger partial charge in [0.05, 0.1) is 5.69 Å². The number of hydrogen-bond donors (Lipinski definition) is 2. The van der Waals surface area contributed by atoms with E-state index in [-0.39, 0.29) is 16.9 Å². The van der Waals surface area contributed by atoms with E-state index in [1.54, 1.807) is 6.07 Å². The van der Waals surface area contributed by atoms with Gasteiger partial charge in [0.2, 0.25) is 5.88 Å². The summed E-state index contributed by atoms with van der Waals surface area (Å²) in [5, 5.41) is 9.40. The fourth-order valence-corrected chi connectivity index (χ4v) is 2.02. The van der Waals surface area contributed by atoms with Gasteiger partial charge in [-0.15, -0.1) is 0 Å². The van der Waals surface area contributed by atoms with E-state index >= 15 is 0 Å². The second-order valence-corrected chi connectivity index (χ2v) is 7.73. The molecule has 0 aliphatic heterocycles. The Balaban J connectivity index is 1.98. The van der Waals surface area contributed by atoms with Crippen LogP contribution in [0.5, 0.6) is 0 Å². The summed E-state index contributed by atoms with van der Waals surface area (Å²) >= 11 is 0. The number of anilines is 2. The molecule has 124 valence electrons. The van der Waals surface area contributed by atoms with E-state index in [4.69, 9.17) is 4.52 Å². The maximum absolute atomic E-state index is 12.0. The summed E-state index contributed by atoms with van der Waals surface area (Å²) in [5.41, 5.74) is 2.70. The van der Waals surface area contributed by atoms with E-state index in [0.29, 0.717) is 5.88 Å². The highest BCUT2D eigenvalue weighted by atomic mass is 16.5. The van der Waals surface area contributed by atoms with Crippen molar-refractivity contribution in [3.63, 3.8) is 0 Å². The zero-order valence-electron chi connectivity index (χ0n) is 14.7. The van der Waals surface area contributed by atoms with Crippen LogP contribution in [-0.2, 0) is 10.8 Å². The molecule has 23 heavy (non-hydrogen) atoms. The average molecular weight is 315 g/mol. The lowest BCUT2D eigenvalue weighted by Crippen LogP contribution is -2.19. The summed E-state index contributed by atoms with van der Waals surface area (Å²) < 4.78 is 5.14. The Labute approximate surface area is 137 Å². The topological polar surface area (TPSA) is 67.2 Å². The third-order valence-electron chi connectivity index (χ3n) is 3.52. The molecule has 2 aromatic rings. The first kappa shape index (κ1) is 17.1. The zero-order valence-corrected chi connectivity index (χ0v) is 14.7. The van der Waals surface area contributed by atoms with E-state index in [1.165, 1.54) is 5.56 Å². The third-order valence-corrected chi connectivity index (χ3v) is 3.52. The SMILES string of the molecule is CC(C)(C)c1ccc(NC(=O)Nc2cc(C(C)(C)C)no2)cc1. The van der Waals surface area contributed by atoms with Gasteiger partial charge in [0.25, 0.3) is 0 Å². The molecule has 0 aliphatic rings. The summed E-state index contributed by atoms with van der Waals surface area (Å²) in [4.78, 5) is 12.0. The molecule has 1 aromatic carbocycles. The molecule has 5 heteroatoms.